The van der Waals surface area contributed by atoms with Gasteiger partial charge in [0.05, 0.1) is 19.1 Å². The van der Waals surface area contributed by atoms with Gasteiger partial charge in [-0.1, -0.05) is 0 Å². The van der Waals surface area contributed by atoms with E-state index in [0.717, 1.165) is 0 Å². The van der Waals surface area contributed by atoms with E-state index in [1.807, 2.05) is 0 Å². The zero-order valence-electron chi connectivity index (χ0n) is 8.03. The van der Waals surface area contributed by atoms with Gasteiger partial charge < -0.3 is 21.5 Å². The largest absolute Gasteiger partial charge is 0.379 e. The summed E-state index contributed by atoms with van der Waals surface area (Å²) in [6, 6.07) is -0.967. The molecule has 6 nitrogen and oxygen atoms in total. The van der Waals surface area contributed by atoms with Crippen LogP contribution in [0.5, 0.6) is 0 Å². The zero-order chi connectivity index (χ0) is 10.7. The van der Waals surface area contributed by atoms with Crippen LogP contribution in [-0.2, 0) is 14.3 Å². The Balaban J connectivity index is 2.45. The number of carbonyl (C=O) groups excluding carboxylic acids is 2. The molecule has 0 aromatic rings. The third-order valence-electron chi connectivity index (χ3n) is 2.25. The van der Waals surface area contributed by atoms with Crippen LogP contribution >= 0.6 is 0 Å². The van der Waals surface area contributed by atoms with Gasteiger partial charge in [-0.05, 0) is 6.92 Å². The molecule has 0 bridgehead atoms. The summed E-state index contributed by atoms with van der Waals surface area (Å²) in [6.45, 7) is 2.21. The Kier molecular flexibility index (Phi) is 3.43. The lowest BCUT2D eigenvalue weighted by molar-refractivity contribution is -0.129. The lowest BCUT2D eigenvalue weighted by atomic mass is 10.0. The van der Waals surface area contributed by atoms with E-state index >= 15 is 0 Å². The van der Waals surface area contributed by atoms with Crippen LogP contribution in [0.1, 0.15) is 6.92 Å². The topological polar surface area (TPSA) is 107 Å². The highest BCUT2D eigenvalue weighted by Crippen LogP contribution is 2.11. The van der Waals surface area contributed by atoms with Crippen LogP contribution in [0.2, 0.25) is 0 Å². The molecule has 3 unspecified atom stereocenters. The second kappa shape index (κ2) is 4.39. The maximum absolute atomic E-state index is 11.5. The molecule has 0 radical (unpaired) electrons. The summed E-state index contributed by atoms with van der Waals surface area (Å²) in [6.07, 6.45) is 0. The van der Waals surface area contributed by atoms with Crippen LogP contribution in [0.3, 0.4) is 0 Å². The molecule has 2 amide bonds. The lowest BCUT2D eigenvalue weighted by Crippen LogP contribution is -2.48. The number of rotatable bonds is 3. The van der Waals surface area contributed by atoms with Crippen molar-refractivity contribution in [3.05, 3.63) is 0 Å². The summed E-state index contributed by atoms with van der Waals surface area (Å²) in [5.41, 5.74) is 10.6. The maximum atomic E-state index is 11.5. The summed E-state index contributed by atoms with van der Waals surface area (Å²) in [5.74, 6) is -1.22. The fourth-order valence-corrected chi connectivity index (χ4v) is 1.23. The molecule has 0 aromatic carbocycles. The highest BCUT2D eigenvalue weighted by molar-refractivity contribution is 5.87. The van der Waals surface area contributed by atoms with E-state index in [9.17, 15) is 9.59 Å². The van der Waals surface area contributed by atoms with Crippen molar-refractivity contribution in [2.24, 2.45) is 17.4 Å². The van der Waals surface area contributed by atoms with Crippen LogP contribution in [0.25, 0.3) is 0 Å². The summed E-state index contributed by atoms with van der Waals surface area (Å²) in [4.78, 5) is 22.2. The number of ether oxygens (including phenoxy) is 1. The molecule has 1 fully saturated rings. The number of nitrogens with one attached hydrogen (secondary N) is 1. The van der Waals surface area contributed by atoms with Gasteiger partial charge in [0.2, 0.25) is 11.8 Å². The number of nitrogens with two attached hydrogens (primary N) is 2. The number of hydrogen-bond donors (Lipinski definition) is 3. The first-order chi connectivity index (χ1) is 6.52. The van der Waals surface area contributed by atoms with E-state index in [1.54, 1.807) is 0 Å². The van der Waals surface area contributed by atoms with Crippen molar-refractivity contribution in [1.29, 1.82) is 0 Å². The highest BCUT2D eigenvalue weighted by Gasteiger charge is 2.32. The number of carbonyl (C=O) groups is 2. The molecule has 14 heavy (non-hydrogen) atoms. The monoisotopic (exact) mass is 201 g/mol. The van der Waals surface area contributed by atoms with E-state index in [0.29, 0.717) is 13.2 Å². The predicted octanol–water partition coefficient (Wildman–Crippen LogP) is -2.05. The van der Waals surface area contributed by atoms with Crippen molar-refractivity contribution in [2.45, 2.75) is 19.0 Å². The smallest absolute Gasteiger partial charge is 0.239 e. The SMILES string of the molecule is CC(NC(=O)C1COCC1N)C(N)=O. The molecule has 5 N–H and O–H groups in total. The Labute approximate surface area is 82.0 Å². The molecule has 1 heterocycles. The van der Waals surface area contributed by atoms with Gasteiger partial charge in [0.1, 0.15) is 6.04 Å². The van der Waals surface area contributed by atoms with Crippen molar-refractivity contribution in [3.8, 4) is 0 Å². The van der Waals surface area contributed by atoms with E-state index in [-0.39, 0.29) is 17.9 Å². The zero-order valence-corrected chi connectivity index (χ0v) is 8.03. The normalized spacial score (nSPS) is 28.4. The number of amides is 2. The molecule has 6 heteroatoms. The van der Waals surface area contributed by atoms with Crippen LogP contribution in [0, 0.1) is 5.92 Å². The van der Waals surface area contributed by atoms with Crippen LogP contribution in [0.4, 0.5) is 0 Å². The molecule has 80 valence electrons. The van der Waals surface area contributed by atoms with Gasteiger partial charge >= 0.3 is 0 Å². The minimum Gasteiger partial charge on any atom is -0.379 e. The van der Waals surface area contributed by atoms with Gasteiger partial charge in [-0.3, -0.25) is 9.59 Å². The number of hydrogen-bond acceptors (Lipinski definition) is 4. The summed E-state index contributed by atoms with van der Waals surface area (Å²) >= 11 is 0. The van der Waals surface area contributed by atoms with Gasteiger partial charge in [0.15, 0.2) is 0 Å². The predicted molar refractivity (Wildman–Crippen MR) is 49.1 cm³/mol. The standard InChI is InChI=1S/C8H15N3O3/c1-4(7(10)12)11-8(13)5-2-14-3-6(5)9/h4-6H,2-3,9H2,1H3,(H2,10,12)(H,11,13). The Morgan fingerprint density at radius 1 is 1.50 bits per heavy atom. The number of primary amides is 1. The second-order valence-corrected chi connectivity index (χ2v) is 3.44. The Morgan fingerprint density at radius 2 is 2.14 bits per heavy atom. The summed E-state index contributed by atoms with van der Waals surface area (Å²) < 4.78 is 5.03. The lowest BCUT2D eigenvalue weighted by Gasteiger charge is -2.16. The fraction of sp³-hybridized carbons (Fsp3) is 0.750. The van der Waals surface area contributed by atoms with Gasteiger partial charge in [0.25, 0.3) is 0 Å². The Morgan fingerprint density at radius 3 is 2.57 bits per heavy atom. The molecule has 1 saturated heterocycles. The highest BCUT2D eigenvalue weighted by atomic mass is 16.5. The molecule has 0 saturated carbocycles. The molecule has 0 aromatic heterocycles. The second-order valence-electron chi connectivity index (χ2n) is 3.44. The maximum Gasteiger partial charge on any atom is 0.239 e. The quantitative estimate of drug-likeness (QED) is 0.488. The first kappa shape index (κ1) is 10.9. The van der Waals surface area contributed by atoms with E-state index in [2.05, 4.69) is 5.32 Å². The summed E-state index contributed by atoms with van der Waals surface area (Å²) in [5, 5.41) is 2.48. The summed E-state index contributed by atoms with van der Waals surface area (Å²) in [7, 11) is 0. The van der Waals surface area contributed by atoms with Gasteiger partial charge in [-0.25, -0.2) is 0 Å². The first-order valence-corrected chi connectivity index (χ1v) is 4.45. The van der Waals surface area contributed by atoms with Crippen molar-refractivity contribution in [3.63, 3.8) is 0 Å². The molecule has 0 aliphatic carbocycles. The first-order valence-electron chi connectivity index (χ1n) is 4.45. The van der Waals surface area contributed by atoms with Crippen molar-refractivity contribution >= 4 is 11.8 Å². The molecule has 0 spiro atoms. The van der Waals surface area contributed by atoms with E-state index in [4.69, 9.17) is 16.2 Å². The minimum absolute atomic E-state index is 0.277. The van der Waals surface area contributed by atoms with Crippen molar-refractivity contribution < 1.29 is 14.3 Å². The van der Waals surface area contributed by atoms with E-state index < -0.39 is 11.9 Å². The van der Waals surface area contributed by atoms with Crippen LogP contribution < -0.4 is 16.8 Å². The van der Waals surface area contributed by atoms with Gasteiger partial charge in [0, 0.05) is 6.04 Å². The van der Waals surface area contributed by atoms with E-state index in [1.165, 1.54) is 6.92 Å². The molecular weight excluding hydrogens is 186 g/mol. The Hall–Kier alpha value is -1.14. The third-order valence-corrected chi connectivity index (χ3v) is 2.25. The van der Waals surface area contributed by atoms with Gasteiger partial charge in [-0.2, -0.15) is 0 Å². The van der Waals surface area contributed by atoms with Gasteiger partial charge in [-0.15, -0.1) is 0 Å². The minimum atomic E-state index is -0.671. The average molecular weight is 201 g/mol. The fourth-order valence-electron chi connectivity index (χ4n) is 1.23. The third kappa shape index (κ3) is 2.43. The Bertz CT molecular complexity index is 244. The average Bonchev–Trinajstić information content (AvgIpc) is 2.51. The molecule has 1 rings (SSSR count). The van der Waals surface area contributed by atoms with Crippen LogP contribution in [-0.4, -0.2) is 37.1 Å². The molecular formula is C8H15N3O3. The molecule has 3 atom stereocenters. The van der Waals surface area contributed by atoms with Crippen molar-refractivity contribution in [2.75, 3.05) is 13.2 Å². The molecule has 1 aliphatic heterocycles. The van der Waals surface area contributed by atoms with Crippen LogP contribution in [0.15, 0.2) is 0 Å². The molecule has 1 aliphatic rings. The van der Waals surface area contributed by atoms with Crippen molar-refractivity contribution in [1.82, 2.24) is 5.32 Å².